The minimum absolute atomic E-state index is 0.0877. The molecule has 1 N–H and O–H groups in total. The predicted octanol–water partition coefficient (Wildman–Crippen LogP) is 2.71. The number of aromatic nitrogens is 1. The molecule has 0 aliphatic carbocycles. The summed E-state index contributed by atoms with van der Waals surface area (Å²) in [6.45, 7) is 1.27. The molecule has 0 radical (unpaired) electrons. The van der Waals surface area contributed by atoms with Crippen molar-refractivity contribution >= 4 is 11.8 Å². The van der Waals surface area contributed by atoms with Crippen LogP contribution < -0.4 is 5.32 Å². The first-order valence-corrected chi connectivity index (χ1v) is 5.69. The largest absolute Gasteiger partial charge is 0.401 e. The van der Waals surface area contributed by atoms with Gasteiger partial charge in [0.2, 0.25) is 0 Å². The number of nitrogens with zero attached hydrogens (tertiary/aromatic N) is 1. The van der Waals surface area contributed by atoms with Crippen molar-refractivity contribution in [2.45, 2.75) is 23.2 Å². The van der Waals surface area contributed by atoms with Gasteiger partial charge in [-0.25, -0.2) is 0 Å². The third-order valence-corrected chi connectivity index (χ3v) is 2.86. The average Bonchev–Trinajstić information content (AvgIpc) is 2.17. The van der Waals surface area contributed by atoms with E-state index >= 15 is 0 Å². The van der Waals surface area contributed by atoms with Crippen LogP contribution in [0.1, 0.15) is 6.92 Å². The molecule has 0 amide bonds. The molecule has 1 aromatic rings. The molecule has 16 heavy (non-hydrogen) atoms. The summed E-state index contributed by atoms with van der Waals surface area (Å²) in [6, 6.07) is 3.68. The average molecular weight is 250 g/mol. The number of hydrogen-bond acceptors (Lipinski definition) is 3. The van der Waals surface area contributed by atoms with Crippen LogP contribution >= 0.6 is 11.8 Å². The Morgan fingerprint density at radius 3 is 2.56 bits per heavy atom. The maximum atomic E-state index is 11.9. The lowest BCUT2D eigenvalue weighted by Crippen LogP contribution is -2.32. The second-order valence-corrected chi connectivity index (χ2v) is 4.87. The van der Waals surface area contributed by atoms with Crippen molar-refractivity contribution in [3.8, 4) is 0 Å². The monoisotopic (exact) mass is 250 g/mol. The second kappa shape index (κ2) is 6.10. The van der Waals surface area contributed by atoms with Crippen molar-refractivity contribution in [1.29, 1.82) is 0 Å². The fourth-order valence-corrected chi connectivity index (χ4v) is 2.05. The van der Waals surface area contributed by atoms with Crippen molar-refractivity contribution < 1.29 is 13.2 Å². The lowest BCUT2D eigenvalue weighted by atomic mass is 10.4. The van der Waals surface area contributed by atoms with Crippen molar-refractivity contribution in [3.63, 3.8) is 0 Å². The van der Waals surface area contributed by atoms with Crippen LogP contribution in [-0.4, -0.2) is 29.5 Å². The maximum Gasteiger partial charge on any atom is 0.401 e. The zero-order valence-electron chi connectivity index (χ0n) is 8.79. The van der Waals surface area contributed by atoms with E-state index in [0.29, 0.717) is 6.54 Å². The molecule has 90 valence electrons. The molecule has 2 nitrogen and oxygen atoms in total. The van der Waals surface area contributed by atoms with E-state index in [2.05, 4.69) is 10.3 Å². The number of pyridine rings is 1. The first-order valence-electron chi connectivity index (χ1n) is 4.81. The highest BCUT2D eigenvalue weighted by molar-refractivity contribution is 8.00. The lowest BCUT2D eigenvalue weighted by molar-refractivity contribution is -0.124. The van der Waals surface area contributed by atoms with Gasteiger partial charge in [-0.05, 0) is 12.1 Å². The molecule has 0 aliphatic rings. The van der Waals surface area contributed by atoms with Gasteiger partial charge < -0.3 is 5.32 Å². The molecule has 0 saturated carbocycles. The highest BCUT2D eigenvalue weighted by Crippen LogP contribution is 2.21. The normalized spacial score (nSPS) is 13.8. The number of hydrogen-bond donors (Lipinski definition) is 1. The Morgan fingerprint density at radius 1 is 1.38 bits per heavy atom. The maximum absolute atomic E-state index is 11.9. The number of halogens is 3. The minimum Gasteiger partial charge on any atom is -0.308 e. The molecule has 1 aromatic heterocycles. The van der Waals surface area contributed by atoms with Gasteiger partial charge in [0.05, 0.1) is 6.54 Å². The van der Waals surface area contributed by atoms with Crippen LogP contribution in [0, 0.1) is 0 Å². The summed E-state index contributed by atoms with van der Waals surface area (Å²) < 4.78 is 35.6. The van der Waals surface area contributed by atoms with Crippen molar-refractivity contribution in [1.82, 2.24) is 10.3 Å². The van der Waals surface area contributed by atoms with Crippen LogP contribution in [-0.2, 0) is 0 Å². The summed E-state index contributed by atoms with van der Waals surface area (Å²) in [5, 5.41) is 2.47. The molecule has 0 spiro atoms. The van der Waals surface area contributed by atoms with Gasteiger partial charge in [0, 0.05) is 29.1 Å². The van der Waals surface area contributed by atoms with Gasteiger partial charge >= 0.3 is 6.18 Å². The van der Waals surface area contributed by atoms with Crippen molar-refractivity contribution in [3.05, 3.63) is 24.5 Å². The summed E-state index contributed by atoms with van der Waals surface area (Å²) in [6.07, 6.45) is -0.808. The van der Waals surface area contributed by atoms with Crippen LogP contribution in [0.4, 0.5) is 13.2 Å². The van der Waals surface area contributed by atoms with Gasteiger partial charge in [0.25, 0.3) is 0 Å². The lowest BCUT2D eigenvalue weighted by Gasteiger charge is -2.13. The molecular formula is C10H13F3N2S. The SMILES string of the molecule is CC(CNCC(F)(F)F)Sc1ccncc1. The van der Waals surface area contributed by atoms with E-state index in [-0.39, 0.29) is 5.25 Å². The molecule has 6 heteroatoms. The summed E-state index contributed by atoms with van der Waals surface area (Å²) in [7, 11) is 0. The van der Waals surface area contributed by atoms with Gasteiger partial charge in [-0.1, -0.05) is 6.92 Å². The second-order valence-electron chi connectivity index (χ2n) is 3.36. The van der Waals surface area contributed by atoms with Crippen molar-refractivity contribution in [2.75, 3.05) is 13.1 Å². The summed E-state index contributed by atoms with van der Waals surface area (Å²) in [5.74, 6) is 0. The topological polar surface area (TPSA) is 24.9 Å². The van der Waals surface area contributed by atoms with Crippen LogP contribution in [0.25, 0.3) is 0 Å². The van der Waals surface area contributed by atoms with Crippen LogP contribution in [0.2, 0.25) is 0 Å². The molecule has 0 fully saturated rings. The highest BCUT2D eigenvalue weighted by Gasteiger charge is 2.26. The summed E-state index contributed by atoms with van der Waals surface area (Å²) in [5.41, 5.74) is 0. The van der Waals surface area contributed by atoms with E-state index in [1.54, 1.807) is 12.4 Å². The zero-order chi connectivity index (χ0) is 12.0. The van der Waals surface area contributed by atoms with Crippen LogP contribution in [0.15, 0.2) is 29.4 Å². The predicted molar refractivity (Wildman–Crippen MR) is 58.5 cm³/mol. The van der Waals surface area contributed by atoms with Crippen LogP contribution in [0.5, 0.6) is 0 Å². The highest BCUT2D eigenvalue weighted by atomic mass is 32.2. The fraction of sp³-hybridized carbons (Fsp3) is 0.500. The Kier molecular flexibility index (Phi) is 5.08. The van der Waals surface area contributed by atoms with Gasteiger partial charge in [-0.15, -0.1) is 11.8 Å². The Hall–Kier alpha value is -0.750. The molecule has 0 bridgehead atoms. The van der Waals surface area contributed by atoms with E-state index in [1.165, 1.54) is 11.8 Å². The molecule has 0 aliphatic heterocycles. The number of alkyl halides is 3. The molecule has 1 rings (SSSR count). The molecule has 1 atom stereocenters. The Labute approximate surface area is 96.6 Å². The van der Waals surface area contributed by atoms with Gasteiger partial charge in [-0.3, -0.25) is 4.98 Å². The van der Waals surface area contributed by atoms with Crippen LogP contribution in [0.3, 0.4) is 0 Å². The molecular weight excluding hydrogens is 237 g/mol. The van der Waals surface area contributed by atoms with E-state index in [9.17, 15) is 13.2 Å². The third-order valence-electron chi connectivity index (χ3n) is 1.74. The first-order chi connectivity index (χ1) is 7.47. The molecule has 0 aromatic carbocycles. The van der Waals surface area contributed by atoms with Crippen molar-refractivity contribution in [2.24, 2.45) is 0 Å². The standard InChI is InChI=1S/C10H13F3N2S/c1-8(6-15-7-10(11,12)13)16-9-2-4-14-5-3-9/h2-5,8,15H,6-7H2,1H3. The van der Waals surface area contributed by atoms with Gasteiger partial charge in [0.15, 0.2) is 0 Å². The molecule has 0 saturated heterocycles. The molecule has 1 heterocycles. The number of rotatable bonds is 5. The van der Waals surface area contributed by atoms with Gasteiger partial charge in [0.1, 0.15) is 0 Å². The summed E-state index contributed by atoms with van der Waals surface area (Å²) in [4.78, 5) is 4.88. The fourth-order valence-electron chi connectivity index (χ4n) is 1.11. The first kappa shape index (κ1) is 13.3. The van der Waals surface area contributed by atoms with E-state index in [1.807, 2.05) is 19.1 Å². The van der Waals surface area contributed by atoms with Gasteiger partial charge in [-0.2, -0.15) is 13.2 Å². The molecule has 1 unspecified atom stereocenters. The summed E-state index contributed by atoms with van der Waals surface area (Å²) >= 11 is 1.52. The Bertz CT molecular complexity index is 303. The quantitative estimate of drug-likeness (QED) is 0.813. The number of thioether (sulfide) groups is 1. The van der Waals surface area contributed by atoms with E-state index < -0.39 is 12.7 Å². The number of nitrogens with one attached hydrogen (secondary N) is 1. The Balaban J connectivity index is 2.24. The zero-order valence-corrected chi connectivity index (χ0v) is 9.61. The van der Waals surface area contributed by atoms with E-state index in [4.69, 9.17) is 0 Å². The minimum atomic E-state index is -4.14. The third kappa shape index (κ3) is 5.97. The Morgan fingerprint density at radius 2 is 2.00 bits per heavy atom. The van der Waals surface area contributed by atoms with E-state index in [0.717, 1.165) is 4.90 Å². The smallest absolute Gasteiger partial charge is 0.308 e.